The molecule has 0 atom stereocenters. The Morgan fingerprint density at radius 2 is 1.96 bits per heavy atom. The number of nitrogens with zero attached hydrogens (tertiary/aromatic N) is 2. The van der Waals surface area contributed by atoms with E-state index in [0.29, 0.717) is 22.4 Å². The van der Waals surface area contributed by atoms with Crippen molar-refractivity contribution >= 4 is 16.9 Å². The van der Waals surface area contributed by atoms with Crippen molar-refractivity contribution in [2.75, 3.05) is 0 Å². The van der Waals surface area contributed by atoms with Crippen LogP contribution in [0, 0.1) is 12.7 Å². The number of para-hydroxylation sites is 1. The van der Waals surface area contributed by atoms with Gasteiger partial charge in [-0.05, 0) is 37.3 Å². The molecule has 0 radical (unpaired) electrons. The third-order valence-electron chi connectivity index (χ3n) is 4.13. The van der Waals surface area contributed by atoms with Crippen molar-refractivity contribution in [3.05, 3.63) is 71.3 Å². The second-order valence-corrected chi connectivity index (χ2v) is 5.78. The van der Waals surface area contributed by atoms with Crippen LogP contribution in [-0.4, -0.2) is 21.3 Å². The summed E-state index contributed by atoms with van der Waals surface area (Å²) in [5, 5.41) is 11.5. The van der Waals surface area contributed by atoms with Crippen molar-refractivity contribution < 1.29 is 18.4 Å². The second kappa shape index (κ2) is 6.44. The summed E-state index contributed by atoms with van der Waals surface area (Å²) in [6.07, 6.45) is 0. The molecule has 0 saturated carbocycles. The average molecular weight is 351 g/mol. The number of aromatic amines is 1. The third-order valence-corrected chi connectivity index (χ3v) is 4.13. The Morgan fingerprint density at radius 3 is 2.77 bits per heavy atom. The van der Waals surface area contributed by atoms with Gasteiger partial charge in [-0.25, -0.2) is 9.18 Å². The van der Waals surface area contributed by atoms with E-state index in [1.165, 1.54) is 12.1 Å². The fraction of sp³-hybridized carbons (Fsp3) is 0.105. The SMILES string of the molecule is Cc1c(COC(=O)c2n[nH]c3ccccc23)noc1-c1ccc(F)cc1. The molecule has 2 aromatic heterocycles. The van der Waals surface area contributed by atoms with Crippen LogP contribution < -0.4 is 0 Å². The standard InChI is InChI=1S/C19H14FN3O3/c1-11-16(23-26-18(11)12-6-8-13(20)9-7-12)10-25-19(24)17-14-4-2-3-5-15(14)21-22-17/h2-9H,10H2,1H3,(H,21,22). The summed E-state index contributed by atoms with van der Waals surface area (Å²) in [6.45, 7) is 1.76. The van der Waals surface area contributed by atoms with Gasteiger partial charge in [0, 0.05) is 16.5 Å². The molecule has 0 bridgehead atoms. The van der Waals surface area contributed by atoms with Gasteiger partial charge in [0.15, 0.2) is 11.5 Å². The summed E-state index contributed by atoms with van der Waals surface area (Å²) >= 11 is 0. The van der Waals surface area contributed by atoms with Gasteiger partial charge in [0.1, 0.15) is 18.1 Å². The van der Waals surface area contributed by atoms with Crippen molar-refractivity contribution in [1.82, 2.24) is 15.4 Å². The predicted octanol–water partition coefficient (Wildman–Crippen LogP) is 4.02. The minimum atomic E-state index is -0.548. The highest BCUT2D eigenvalue weighted by atomic mass is 19.1. The van der Waals surface area contributed by atoms with Crippen molar-refractivity contribution in [3.8, 4) is 11.3 Å². The Bertz CT molecular complexity index is 1080. The van der Waals surface area contributed by atoms with Crippen LogP contribution >= 0.6 is 0 Å². The van der Waals surface area contributed by atoms with Crippen molar-refractivity contribution in [2.24, 2.45) is 0 Å². The maximum absolute atomic E-state index is 13.1. The number of benzene rings is 2. The molecule has 0 saturated heterocycles. The minimum absolute atomic E-state index is 0.0451. The number of aromatic nitrogens is 3. The van der Waals surface area contributed by atoms with E-state index in [9.17, 15) is 9.18 Å². The summed E-state index contributed by atoms with van der Waals surface area (Å²) in [6, 6.07) is 13.2. The van der Waals surface area contributed by atoms with E-state index in [4.69, 9.17) is 9.26 Å². The van der Waals surface area contributed by atoms with Crippen LogP contribution in [0.15, 0.2) is 53.1 Å². The van der Waals surface area contributed by atoms with Crippen molar-refractivity contribution in [3.63, 3.8) is 0 Å². The van der Waals surface area contributed by atoms with E-state index < -0.39 is 5.97 Å². The number of hydrogen-bond donors (Lipinski definition) is 1. The third kappa shape index (κ3) is 2.83. The fourth-order valence-corrected chi connectivity index (χ4v) is 2.70. The van der Waals surface area contributed by atoms with E-state index >= 15 is 0 Å². The summed E-state index contributed by atoms with van der Waals surface area (Å²) in [7, 11) is 0. The first-order valence-electron chi connectivity index (χ1n) is 7.95. The number of rotatable bonds is 4. The first-order valence-corrected chi connectivity index (χ1v) is 7.95. The maximum atomic E-state index is 13.1. The monoisotopic (exact) mass is 351 g/mol. The Morgan fingerprint density at radius 1 is 1.19 bits per heavy atom. The van der Waals surface area contributed by atoms with Gasteiger partial charge >= 0.3 is 5.97 Å². The van der Waals surface area contributed by atoms with E-state index in [-0.39, 0.29) is 18.1 Å². The lowest BCUT2D eigenvalue weighted by atomic mass is 10.1. The van der Waals surface area contributed by atoms with E-state index in [1.807, 2.05) is 25.1 Å². The highest BCUT2D eigenvalue weighted by Gasteiger charge is 2.19. The molecule has 130 valence electrons. The van der Waals surface area contributed by atoms with Crippen LogP contribution in [0.5, 0.6) is 0 Å². The molecule has 0 fully saturated rings. The van der Waals surface area contributed by atoms with Gasteiger partial charge in [-0.3, -0.25) is 5.10 Å². The number of carbonyl (C=O) groups excluding carboxylic acids is 1. The number of hydrogen-bond acceptors (Lipinski definition) is 5. The number of fused-ring (bicyclic) bond motifs is 1. The summed E-state index contributed by atoms with van der Waals surface area (Å²) < 4.78 is 23.7. The fourth-order valence-electron chi connectivity index (χ4n) is 2.70. The van der Waals surface area contributed by atoms with Gasteiger partial charge in [0.2, 0.25) is 0 Å². The molecule has 2 aromatic carbocycles. The molecule has 0 aliphatic heterocycles. The second-order valence-electron chi connectivity index (χ2n) is 5.78. The molecule has 26 heavy (non-hydrogen) atoms. The molecule has 0 spiro atoms. The maximum Gasteiger partial charge on any atom is 0.359 e. The van der Waals surface area contributed by atoms with Crippen LogP contribution in [0.1, 0.15) is 21.7 Å². The largest absolute Gasteiger partial charge is 0.454 e. The van der Waals surface area contributed by atoms with Crippen LogP contribution in [0.25, 0.3) is 22.2 Å². The zero-order chi connectivity index (χ0) is 18.1. The topological polar surface area (TPSA) is 81.0 Å². The van der Waals surface area contributed by atoms with E-state index in [2.05, 4.69) is 15.4 Å². The Hall–Kier alpha value is -3.48. The number of ether oxygens (including phenoxy) is 1. The molecule has 0 amide bonds. The lowest BCUT2D eigenvalue weighted by Gasteiger charge is -2.02. The Labute approximate surface area is 147 Å². The van der Waals surface area contributed by atoms with Crippen LogP contribution in [0.4, 0.5) is 4.39 Å². The molecule has 4 rings (SSSR count). The summed E-state index contributed by atoms with van der Waals surface area (Å²) in [4.78, 5) is 12.3. The number of nitrogens with one attached hydrogen (secondary N) is 1. The number of carbonyl (C=O) groups is 1. The smallest absolute Gasteiger partial charge is 0.359 e. The van der Waals surface area contributed by atoms with Crippen molar-refractivity contribution in [1.29, 1.82) is 0 Å². The highest BCUT2D eigenvalue weighted by Crippen LogP contribution is 2.26. The Kier molecular flexibility index (Phi) is 3.96. The van der Waals surface area contributed by atoms with E-state index in [1.54, 1.807) is 18.2 Å². The average Bonchev–Trinajstić information content (AvgIpc) is 3.24. The van der Waals surface area contributed by atoms with Crippen LogP contribution in [0.2, 0.25) is 0 Å². The van der Waals surface area contributed by atoms with Gasteiger partial charge in [-0.15, -0.1) is 0 Å². The molecule has 6 nitrogen and oxygen atoms in total. The summed E-state index contributed by atoms with van der Waals surface area (Å²) in [5.74, 6) is -0.360. The lowest BCUT2D eigenvalue weighted by Crippen LogP contribution is -2.07. The van der Waals surface area contributed by atoms with Gasteiger partial charge in [-0.2, -0.15) is 5.10 Å². The molecule has 0 aliphatic carbocycles. The normalized spacial score (nSPS) is 11.0. The zero-order valence-electron chi connectivity index (χ0n) is 13.8. The molecular weight excluding hydrogens is 337 g/mol. The Balaban J connectivity index is 1.51. The first kappa shape index (κ1) is 16.0. The van der Waals surface area contributed by atoms with Gasteiger partial charge in [0.05, 0.1) is 5.52 Å². The number of H-pyrrole nitrogens is 1. The molecule has 4 aromatic rings. The highest BCUT2D eigenvalue weighted by molar-refractivity contribution is 6.01. The van der Waals surface area contributed by atoms with E-state index in [0.717, 1.165) is 11.1 Å². The summed E-state index contributed by atoms with van der Waals surface area (Å²) in [5.41, 5.74) is 2.91. The van der Waals surface area contributed by atoms with Crippen LogP contribution in [0.3, 0.4) is 0 Å². The molecular formula is C19H14FN3O3. The van der Waals surface area contributed by atoms with Gasteiger partial charge < -0.3 is 9.26 Å². The number of halogens is 1. The molecule has 0 aliphatic rings. The molecule has 0 unspecified atom stereocenters. The molecule has 7 heteroatoms. The van der Waals surface area contributed by atoms with Crippen molar-refractivity contribution in [2.45, 2.75) is 13.5 Å². The lowest BCUT2D eigenvalue weighted by molar-refractivity contribution is 0.0459. The molecule has 2 heterocycles. The predicted molar refractivity (Wildman–Crippen MR) is 91.8 cm³/mol. The van der Waals surface area contributed by atoms with Gasteiger partial charge in [-0.1, -0.05) is 23.4 Å². The molecule has 1 N–H and O–H groups in total. The zero-order valence-corrected chi connectivity index (χ0v) is 13.8. The van der Waals surface area contributed by atoms with Crippen LogP contribution in [-0.2, 0) is 11.3 Å². The first-order chi connectivity index (χ1) is 12.6. The van der Waals surface area contributed by atoms with Gasteiger partial charge in [0.25, 0.3) is 0 Å². The minimum Gasteiger partial charge on any atom is -0.454 e. The quantitative estimate of drug-likeness (QED) is 0.562. The number of esters is 1.